The zero-order valence-electron chi connectivity index (χ0n) is 9.76. The van der Waals surface area contributed by atoms with Crippen molar-refractivity contribution >= 4 is 5.97 Å². The van der Waals surface area contributed by atoms with E-state index < -0.39 is 5.97 Å². The maximum Gasteiger partial charge on any atom is 0.358 e. The quantitative estimate of drug-likeness (QED) is 0.727. The van der Waals surface area contributed by atoms with Crippen molar-refractivity contribution in [2.45, 2.75) is 6.92 Å². The number of carboxylic acids is 1. The van der Waals surface area contributed by atoms with Crippen molar-refractivity contribution in [3.63, 3.8) is 0 Å². The molecule has 0 aromatic carbocycles. The molecule has 1 N–H and O–H groups in total. The minimum Gasteiger partial charge on any atom is -0.476 e. The van der Waals surface area contributed by atoms with Gasteiger partial charge in [-0.05, 0) is 29.4 Å². The van der Waals surface area contributed by atoms with Crippen LogP contribution in [0.2, 0.25) is 0 Å². The molecule has 9 nitrogen and oxygen atoms in total. The summed E-state index contributed by atoms with van der Waals surface area (Å²) in [6.07, 6.45) is 3.51. The molecule has 0 amide bonds. The topological polar surface area (TPSA) is 112 Å². The molecule has 0 radical (unpaired) electrons. The zero-order valence-corrected chi connectivity index (χ0v) is 9.76. The van der Waals surface area contributed by atoms with Gasteiger partial charge in [0.1, 0.15) is 0 Å². The van der Waals surface area contributed by atoms with Crippen molar-refractivity contribution in [3.05, 3.63) is 35.9 Å². The Bertz CT molecular complexity index is 726. The van der Waals surface area contributed by atoms with Gasteiger partial charge in [-0.3, -0.25) is 0 Å². The van der Waals surface area contributed by atoms with Gasteiger partial charge in [0.25, 0.3) is 0 Å². The first kappa shape index (κ1) is 11.1. The van der Waals surface area contributed by atoms with E-state index in [1.54, 1.807) is 23.9 Å². The minimum atomic E-state index is -1.15. The van der Waals surface area contributed by atoms with Crippen LogP contribution in [-0.4, -0.2) is 41.0 Å². The van der Waals surface area contributed by atoms with Gasteiger partial charge in [0.2, 0.25) is 11.6 Å². The normalized spacial score (nSPS) is 10.8. The van der Waals surface area contributed by atoms with E-state index >= 15 is 0 Å². The number of hydrogen-bond donors (Lipinski definition) is 1. The Morgan fingerprint density at radius 1 is 1.26 bits per heavy atom. The van der Waals surface area contributed by atoms with Gasteiger partial charge in [-0.2, -0.15) is 4.68 Å². The third kappa shape index (κ3) is 1.68. The summed E-state index contributed by atoms with van der Waals surface area (Å²) in [4.78, 5) is 10.9. The fourth-order valence-corrected chi connectivity index (χ4v) is 1.68. The number of carbonyl (C=O) groups is 1. The van der Waals surface area contributed by atoms with E-state index in [2.05, 4.69) is 20.6 Å². The number of aromatic carboxylic acids is 1. The average molecular weight is 260 g/mol. The number of hydrogen-bond acceptors (Lipinski definition) is 6. The molecule has 19 heavy (non-hydrogen) atoms. The fraction of sp³-hybridized carbons (Fsp3) is 0.100. The molecule has 0 spiro atoms. The summed E-state index contributed by atoms with van der Waals surface area (Å²) < 4.78 is 7.64. The van der Waals surface area contributed by atoms with Gasteiger partial charge in [-0.25, -0.2) is 9.42 Å². The molecule has 0 aliphatic rings. The van der Waals surface area contributed by atoms with E-state index in [1.807, 2.05) is 12.1 Å². The second kappa shape index (κ2) is 4.05. The lowest BCUT2D eigenvalue weighted by atomic mass is 10.3. The van der Waals surface area contributed by atoms with E-state index in [1.165, 1.54) is 4.68 Å². The van der Waals surface area contributed by atoms with Gasteiger partial charge in [-0.1, -0.05) is 5.21 Å². The van der Waals surface area contributed by atoms with Crippen LogP contribution in [0.3, 0.4) is 0 Å². The Balaban J connectivity index is 2.14. The summed E-state index contributed by atoms with van der Waals surface area (Å²) in [6, 6.07) is 3.63. The predicted octanol–water partition coefficient (Wildman–Crippen LogP) is 0.448. The summed E-state index contributed by atoms with van der Waals surface area (Å²) in [7, 11) is 0. The van der Waals surface area contributed by atoms with Crippen LogP contribution < -0.4 is 0 Å². The van der Waals surface area contributed by atoms with Gasteiger partial charge in [-0.15, -0.1) is 5.10 Å². The molecule has 3 heterocycles. The highest BCUT2D eigenvalue weighted by molar-refractivity contribution is 5.86. The molecule has 0 saturated heterocycles. The van der Waals surface area contributed by atoms with Crippen LogP contribution in [0, 0.1) is 6.92 Å². The first-order valence-electron chi connectivity index (χ1n) is 5.30. The molecule has 0 aliphatic heterocycles. The maximum atomic E-state index is 10.9. The van der Waals surface area contributed by atoms with Crippen molar-refractivity contribution in [3.8, 4) is 11.6 Å². The van der Waals surface area contributed by atoms with E-state index in [4.69, 9.17) is 9.74 Å². The van der Waals surface area contributed by atoms with Crippen LogP contribution in [0.25, 0.3) is 11.6 Å². The summed E-state index contributed by atoms with van der Waals surface area (Å²) in [5, 5.41) is 23.8. The third-order valence-corrected chi connectivity index (χ3v) is 2.60. The maximum absolute atomic E-state index is 10.9. The van der Waals surface area contributed by atoms with Crippen LogP contribution >= 0.6 is 0 Å². The second-order valence-corrected chi connectivity index (χ2v) is 3.74. The van der Waals surface area contributed by atoms with E-state index in [0.29, 0.717) is 11.5 Å². The number of rotatable bonds is 3. The molecular formula is C10H8N6O3. The zero-order chi connectivity index (χ0) is 13.4. The van der Waals surface area contributed by atoms with Crippen molar-refractivity contribution in [2.75, 3.05) is 0 Å². The standard InChI is InChI=1S/C10H8N6O3/c1-6-7(10(17)18)11-14-16(6)9-8(12-19-13-9)15-4-2-3-5-15/h2-5H,1H3,(H,17,18). The van der Waals surface area contributed by atoms with Crippen LogP contribution in [0.15, 0.2) is 29.2 Å². The van der Waals surface area contributed by atoms with Crippen LogP contribution in [-0.2, 0) is 0 Å². The summed E-state index contributed by atoms with van der Waals surface area (Å²) >= 11 is 0. The number of nitrogens with zero attached hydrogens (tertiary/aromatic N) is 6. The Labute approximate surface area is 106 Å². The third-order valence-electron chi connectivity index (χ3n) is 2.60. The Morgan fingerprint density at radius 3 is 2.58 bits per heavy atom. The van der Waals surface area contributed by atoms with Gasteiger partial charge in [0.15, 0.2) is 5.69 Å². The van der Waals surface area contributed by atoms with Crippen molar-refractivity contribution in [1.82, 2.24) is 29.9 Å². The highest BCUT2D eigenvalue weighted by atomic mass is 16.6. The molecule has 0 unspecified atom stereocenters. The second-order valence-electron chi connectivity index (χ2n) is 3.74. The molecule has 96 valence electrons. The van der Waals surface area contributed by atoms with E-state index in [0.717, 1.165) is 0 Å². The minimum absolute atomic E-state index is 0.138. The Kier molecular flexibility index (Phi) is 2.37. The van der Waals surface area contributed by atoms with Gasteiger partial charge in [0, 0.05) is 12.4 Å². The number of carboxylic acid groups (broad SMARTS) is 1. The molecule has 3 aromatic heterocycles. The van der Waals surface area contributed by atoms with Crippen LogP contribution in [0.4, 0.5) is 0 Å². The highest BCUT2D eigenvalue weighted by Gasteiger charge is 2.21. The molecular weight excluding hydrogens is 252 g/mol. The smallest absolute Gasteiger partial charge is 0.358 e. The first-order chi connectivity index (χ1) is 9.18. The monoisotopic (exact) mass is 260 g/mol. The molecule has 0 bridgehead atoms. The van der Waals surface area contributed by atoms with Gasteiger partial charge < -0.3 is 9.67 Å². The average Bonchev–Trinajstić information content (AvgIpc) is 3.06. The lowest BCUT2D eigenvalue weighted by Gasteiger charge is -2.01. The van der Waals surface area contributed by atoms with Crippen molar-refractivity contribution < 1.29 is 14.5 Å². The Morgan fingerprint density at radius 2 is 1.95 bits per heavy atom. The van der Waals surface area contributed by atoms with Crippen LogP contribution in [0.5, 0.6) is 0 Å². The molecule has 3 aromatic rings. The molecule has 0 aliphatic carbocycles. The number of aromatic nitrogens is 6. The molecule has 9 heteroatoms. The molecule has 0 fully saturated rings. The van der Waals surface area contributed by atoms with E-state index in [9.17, 15) is 4.79 Å². The highest BCUT2D eigenvalue weighted by Crippen LogP contribution is 2.16. The fourth-order valence-electron chi connectivity index (χ4n) is 1.68. The largest absolute Gasteiger partial charge is 0.476 e. The van der Waals surface area contributed by atoms with Crippen molar-refractivity contribution in [1.29, 1.82) is 0 Å². The lowest BCUT2D eigenvalue weighted by molar-refractivity contribution is 0.0689. The Hall–Kier alpha value is -2.97. The molecule has 0 atom stereocenters. The SMILES string of the molecule is Cc1c(C(=O)O)nnn1-c1nonc1-n1cccc1. The van der Waals surface area contributed by atoms with Gasteiger partial charge in [0.05, 0.1) is 5.69 Å². The lowest BCUT2D eigenvalue weighted by Crippen LogP contribution is -2.06. The summed E-state index contributed by atoms with van der Waals surface area (Å²) in [5.41, 5.74) is 0.207. The van der Waals surface area contributed by atoms with Crippen molar-refractivity contribution in [2.24, 2.45) is 0 Å². The van der Waals surface area contributed by atoms with Gasteiger partial charge >= 0.3 is 5.97 Å². The summed E-state index contributed by atoms with van der Waals surface area (Å²) in [6.45, 7) is 1.58. The molecule has 0 saturated carbocycles. The first-order valence-corrected chi connectivity index (χ1v) is 5.30. The molecule has 3 rings (SSSR count). The summed E-state index contributed by atoms with van der Waals surface area (Å²) in [5.74, 6) is -0.480. The predicted molar refractivity (Wildman–Crippen MR) is 60.2 cm³/mol. The van der Waals surface area contributed by atoms with Crippen LogP contribution in [0.1, 0.15) is 16.2 Å². The van der Waals surface area contributed by atoms with E-state index in [-0.39, 0.29) is 11.5 Å².